The zero-order valence-corrected chi connectivity index (χ0v) is 9.57. The molecule has 5 heteroatoms. The smallest absolute Gasteiger partial charge is 0.259 e. The minimum absolute atomic E-state index is 0.0133. The first kappa shape index (κ1) is 11.0. The Morgan fingerprint density at radius 3 is 2.88 bits per heavy atom. The molecule has 1 aliphatic carbocycles. The molecule has 16 heavy (non-hydrogen) atoms. The van der Waals surface area contributed by atoms with E-state index in [1.165, 1.54) is 25.5 Å². The number of aromatic nitrogens is 2. The van der Waals surface area contributed by atoms with Crippen LogP contribution in [0.15, 0.2) is 6.20 Å². The molecular weight excluding hydrogens is 204 g/mol. The number of carbonyl (C=O) groups is 1. The maximum Gasteiger partial charge on any atom is 0.259 e. The molecule has 88 valence electrons. The number of nitrogens with zero attached hydrogens (tertiary/aromatic N) is 2. The van der Waals surface area contributed by atoms with Crippen LogP contribution in [0.5, 0.6) is 0 Å². The zero-order valence-electron chi connectivity index (χ0n) is 9.57. The Bertz CT molecular complexity index is 370. The summed E-state index contributed by atoms with van der Waals surface area (Å²) in [5.74, 6) is 1.02. The normalized spacial score (nSPS) is 15.8. The number of nitrogen functional groups attached to an aromatic ring is 1. The maximum absolute atomic E-state index is 12.1. The van der Waals surface area contributed by atoms with Crippen LogP contribution < -0.4 is 5.73 Å². The molecule has 5 nitrogen and oxygen atoms in total. The summed E-state index contributed by atoms with van der Waals surface area (Å²) in [7, 11) is 0. The topological polar surface area (TPSA) is 75.0 Å². The van der Waals surface area contributed by atoms with Crippen molar-refractivity contribution in [2.75, 3.05) is 18.8 Å². The van der Waals surface area contributed by atoms with E-state index in [0.29, 0.717) is 17.3 Å². The highest BCUT2D eigenvalue weighted by Crippen LogP contribution is 2.27. The van der Waals surface area contributed by atoms with Gasteiger partial charge in [-0.15, -0.1) is 0 Å². The summed E-state index contributed by atoms with van der Waals surface area (Å²) >= 11 is 0. The molecule has 2 rings (SSSR count). The van der Waals surface area contributed by atoms with Crippen molar-refractivity contribution in [3.8, 4) is 0 Å². The van der Waals surface area contributed by atoms with Crippen molar-refractivity contribution >= 4 is 11.7 Å². The number of hydrogen-bond acceptors (Lipinski definition) is 3. The van der Waals surface area contributed by atoms with Gasteiger partial charge in [0, 0.05) is 13.1 Å². The molecule has 1 aliphatic rings. The second kappa shape index (κ2) is 4.55. The first-order chi connectivity index (χ1) is 7.72. The predicted octanol–water partition coefficient (Wildman–Crippen LogP) is 1.25. The molecule has 1 amide bonds. The molecule has 1 fully saturated rings. The number of nitrogens with two attached hydrogens (primary N) is 1. The monoisotopic (exact) mass is 222 g/mol. The molecule has 3 N–H and O–H groups in total. The summed E-state index contributed by atoms with van der Waals surface area (Å²) in [4.78, 5) is 14.0. The van der Waals surface area contributed by atoms with E-state index >= 15 is 0 Å². The van der Waals surface area contributed by atoms with Gasteiger partial charge in [0.25, 0.3) is 5.91 Å². The van der Waals surface area contributed by atoms with E-state index in [1.54, 1.807) is 0 Å². The van der Waals surface area contributed by atoms with Crippen LogP contribution in [0.1, 0.15) is 36.5 Å². The fourth-order valence-corrected chi connectivity index (χ4v) is 1.98. The van der Waals surface area contributed by atoms with Gasteiger partial charge in [0.05, 0.1) is 6.20 Å². The summed E-state index contributed by atoms with van der Waals surface area (Å²) in [5.41, 5.74) is 6.13. The van der Waals surface area contributed by atoms with E-state index in [9.17, 15) is 4.79 Å². The Kier molecular flexibility index (Phi) is 3.12. The minimum Gasteiger partial charge on any atom is -0.383 e. The molecule has 0 radical (unpaired) electrons. The number of H-pyrrole nitrogens is 1. The lowest BCUT2D eigenvalue weighted by atomic mass is 9.85. The summed E-state index contributed by atoms with van der Waals surface area (Å²) in [5, 5.41) is 6.37. The van der Waals surface area contributed by atoms with Crippen molar-refractivity contribution in [3.63, 3.8) is 0 Å². The molecule has 0 bridgehead atoms. The lowest BCUT2D eigenvalue weighted by Gasteiger charge is -2.31. The summed E-state index contributed by atoms with van der Waals surface area (Å²) in [6.45, 7) is 3.56. The van der Waals surface area contributed by atoms with Gasteiger partial charge in [-0.1, -0.05) is 6.42 Å². The molecule has 0 unspecified atom stereocenters. The predicted molar refractivity (Wildman–Crippen MR) is 61.9 cm³/mol. The van der Waals surface area contributed by atoms with Gasteiger partial charge in [-0.25, -0.2) is 0 Å². The molecular formula is C11H18N4O. The Labute approximate surface area is 95.0 Å². The third-order valence-corrected chi connectivity index (χ3v) is 3.27. The van der Waals surface area contributed by atoms with Crippen LogP contribution in [0, 0.1) is 5.92 Å². The van der Waals surface area contributed by atoms with E-state index < -0.39 is 0 Å². The van der Waals surface area contributed by atoms with Gasteiger partial charge in [0.2, 0.25) is 0 Å². The highest BCUT2D eigenvalue weighted by molar-refractivity contribution is 5.98. The second-order valence-corrected chi connectivity index (χ2v) is 4.34. The second-order valence-electron chi connectivity index (χ2n) is 4.34. The van der Waals surface area contributed by atoms with Gasteiger partial charge in [0.15, 0.2) is 0 Å². The summed E-state index contributed by atoms with van der Waals surface area (Å²) < 4.78 is 0. The van der Waals surface area contributed by atoms with E-state index in [0.717, 1.165) is 13.1 Å². The van der Waals surface area contributed by atoms with Crippen LogP contribution in [-0.2, 0) is 0 Å². The van der Waals surface area contributed by atoms with Gasteiger partial charge >= 0.3 is 0 Å². The van der Waals surface area contributed by atoms with Crippen LogP contribution >= 0.6 is 0 Å². The molecule has 1 aromatic rings. The molecule has 0 saturated heterocycles. The Hall–Kier alpha value is -1.52. The average molecular weight is 222 g/mol. The van der Waals surface area contributed by atoms with Crippen molar-refractivity contribution in [3.05, 3.63) is 11.8 Å². The Morgan fingerprint density at radius 2 is 2.44 bits per heavy atom. The van der Waals surface area contributed by atoms with Gasteiger partial charge in [-0.05, 0) is 25.7 Å². The van der Waals surface area contributed by atoms with Crippen LogP contribution in [-0.4, -0.2) is 34.1 Å². The first-order valence-electron chi connectivity index (χ1n) is 5.80. The van der Waals surface area contributed by atoms with E-state index in [4.69, 9.17) is 5.73 Å². The molecule has 0 spiro atoms. The summed E-state index contributed by atoms with van der Waals surface area (Å²) in [6.07, 6.45) is 5.28. The largest absolute Gasteiger partial charge is 0.383 e. The molecule has 0 aliphatic heterocycles. The number of nitrogens with one attached hydrogen (secondary N) is 1. The van der Waals surface area contributed by atoms with Crippen molar-refractivity contribution in [1.29, 1.82) is 0 Å². The Morgan fingerprint density at radius 1 is 1.69 bits per heavy atom. The van der Waals surface area contributed by atoms with E-state index in [-0.39, 0.29) is 5.91 Å². The zero-order chi connectivity index (χ0) is 11.5. The summed E-state index contributed by atoms with van der Waals surface area (Å²) in [6, 6.07) is 0. The molecule has 1 saturated carbocycles. The van der Waals surface area contributed by atoms with Crippen molar-refractivity contribution in [1.82, 2.24) is 15.1 Å². The maximum atomic E-state index is 12.1. The third-order valence-electron chi connectivity index (χ3n) is 3.27. The number of anilines is 1. The average Bonchev–Trinajstić information content (AvgIpc) is 2.62. The molecule has 1 heterocycles. The van der Waals surface area contributed by atoms with Crippen LogP contribution in [0.3, 0.4) is 0 Å². The minimum atomic E-state index is -0.0133. The van der Waals surface area contributed by atoms with Crippen molar-refractivity contribution < 1.29 is 4.79 Å². The number of amides is 1. The number of rotatable bonds is 4. The lowest BCUT2D eigenvalue weighted by Crippen LogP contribution is -2.37. The van der Waals surface area contributed by atoms with Crippen molar-refractivity contribution in [2.24, 2.45) is 5.92 Å². The SMILES string of the molecule is CCN(CC1CCC1)C(=O)c1cn[nH]c1N. The molecule has 1 aromatic heterocycles. The van der Waals surface area contributed by atoms with Crippen LogP contribution in [0.25, 0.3) is 0 Å². The fraction of sp³-hybridized carbons (Fsp3) is 0.636. The van der Waals surface area contributed by atoms with Crippen molar-refractivity contribution in [2.45, 2.75) is 26.2 Å². The van der Waals surface area contributed by atoms with E-state index in [1.807, 2.05) is 11.8 Å². The number of aromatic amines is 1. The number of hydrogen-bond donors (Lipinski definition) is 2. The van der Waals surface area contributed by atoms with Crippen LogP contribution in [0.4, 0.5) is 5.82 Å². The lowest BCUT2D eigenvalue weighted by molar-refractivity contribution is 0.0707. The van der Waals surface area contributed by atoms with Gasteiger partial charge in [-0.3, -0.25) is 9.89 Å². The van der Waals surface area contributed by atoms with Gasteiger partial charge in [-0.2, -0.15) is 5.10 Å². The van der Waals surface area contributed by atoms with Gasteiger partial charge in [0.1, 0.15) is 11.4 Å². The fourth-order valence-electron chi connectivity index (χ4n) is 1.98. The highest BCUT2D eigenvalue weighted by Gasteiger charge is 2.24. The number of carbonyl (C=O) groups excluding carboxylic acids is 1. The molecule has 0 atom stereocenters. The van der Waals surface area contributed by atoms with Crippen LogP contribution in [0.2, 0.25) is 0 Å². The van der Waals surface area contributed by atoms with E-state index in [2.05, 4.69) is 10.2 Å². The molecule has 0 aromatic carbocycles. The first-order valence-corrected chi connectivity index (χ1v) is 5.80. The Balaban J connectivity index is 2.03. The third kappa shape index (κ3) is 2.03. The quantitative estimate of drug-likeness (QED) is 0.805. The highest BCUT2D eigenvalue weighted by atomic mass is 16.2. The van der Waals surface area contributed by atoms with Gasteiger partial charge < -0.3 is 10.6 Å². The standard InChI is InChI=1S/C11H18N4O/c1-2-15(7-8-4-3-5-8)11(16)9-6-13-14-10(9)12/h6,8H,2-5,7H2,1H3,(H3,12,13,14).